The number of aliphatic hydroxyl groups is 1. The molecule has 0 aliphatic carbocycles. The number of carbonyl (C=O) groups excluding carboxylic acids is 1. The third kappa shape index (κ3) is 6.22. The highest BCUT2D eigenvalue weighted by atomic mass is 32.2. The minimum absolute atomic E-state index is 0.0384. The Kier molecular flexibility index (Phi) is 7.73. The maximum atomic E-state index is 12.7. The molecule has 0 spiro atoms. The van der Waals surface area contributed by atoms with Gasteiger partial charge in [-0.25, -0.2) is 4.98 Å². The largest absolute Gasteiger partial charge is 0.438 e. The third-order valence-electron chi connectivity index (χ3n) is 4.44. The van der Waals surface area contributed by atoms with Crippen LogP contribution in [0.4, 0.5) is 0 Å². The summed E-state index contributed by atoms with van der Waals surface area (Å²) in [6.07, 6.45) is -1.07. The molecule has 3 atom stereocenters. The molecule has 7 nitrogen and oxygen atoms in total. The van der Waals surface area contributed by atoms with Crippen LogP contribution in [0.2, 0.25) is 0 Å². The second kappa shape index (κ2) is 10.5. The van der Waals surface area contributed by atoms with E-state index in [0.29, 0.717) is 16.9 Å². The van der Waals surface area contributed by atoms with Crippen LogP contribution in [0.3, 0.4) is 0 Å². The van der Waals surface area contributed by atoms with E-state index in [9.17, 15) is 14.1 Å². The molecule has 0 saturated carbocycles. The molecule has 30 heavy (non-hydrogen) atoms. The number of amides is 1. The van der Waals surface area contributed by atoms with Gasteiger partial charge in [-0.1, -0.05) is 56.3 Å². The fraction of sp³-hybridized carbons (Fsp3) is 0.364. The number of aromatic nitrogens is 1. The molecule has 3 aromatic rings. The zero-order chi connectivity index (χ0) is 21.5. The van der Waals surface area contributed by atoms with Crippen molar-refractivity contribution in [1.82, 2.24) is 15.6 Å². The van der Waals surface area contributed by atoms with E-state index < -0.39 is 22.9 Å². The maximum absolute atomic E-state index is 12.7. The van der Waals surface area contributed by atoms with E-state index in [1.54, 1.807) is 12.1 Å². The van der Waals surface area contributed by atoms with E-state index in [2.05, 4.69) is 15.6 Å². The van der Waals surface area contributed by atoms with Gasteiger partial charge in [0, 0.05) is 28.3 Å². The number of nitrogens with zero attached hydrogens (tertiary/aromatic N) is 1. The SMILES string of the molecule is CC(C)NC(CS(=O)Cc1ccccc1)C(=O)NCC(O)c1nc2ccccc2o1. The van der Waals surface area contributed by atoms with Gasteiger partial charge in [-0.15, -0.1) is 0 Å². The Morgan fingerprint density at radius 3 is 2.53 bits per heavy atom. The summed E-state index contributed by atoms with van der Waals surface area (Å²) in [5, 5.41) is 16.2. The second-order valence-corrected chi connectivity index (χ2v) is 8.89. The van der Waals surface area contributed by atoms with Gasteiger partial charge in [0.05, 0.1) is 12.6 Å². The first kappa shape index (κ1) is 22.1. The lowest BCUT2D eigenvalue weighted by molar-refractivity contribution is -0.123. The Balaban J connectivity index is 1.58. The quantitative estimate of drug-likeness (QED) is 0.457. The molecule has 0 bridgehead atoms. The molecule has 0 radical (unpaired) electrons. The van der Waals surface area contributed by atoms with E-state index in [1.807, 2.05) is 56.3 Å². The zero-order valence-electron chi connectivity index (χ0n) is 17.1. The van der Waals surface area contributed by atoms with Crippen molar-refractivity contribution in [3.8, 4) is 0 Å². The van der Waals surface area contributed by atoms with Crippen molar-refractivity contribution in [3.05, 3.63) is 66.1 Å². The Morgan fingerprint density at radius 2 is 1.83 bits per heavy atom. The van der Waals surface area contributed by atoms with Crippen LogP contribution in [0.1, 0.15) is 31.4 Å². The summed E-state index contributed by atoms with van der Waals surface area (Å²) < 4.78 is 18.1. The van der Waals surface area contributed by atoms with Crippen molar-refractivity contribution in [3.63, 3.8) is 0 Å². The summed E-state index contributed by atoms with van der Waals surface area (Å²) in [7, 11) is -1.22. The molecule has 0 aliphatic heterocycles. The second-order valence-electron chi connectivity index (χ2n) is 7.39. The average molecular weight is 430 g/mol. The Bertz CT molecular complexity index is 957. The molecule has 3 N–H and O–H groups in total. The fourth-order valence-electron chi connectivity index (χ4n) is 3.05. The van der Waals surface area contributed by atoms with Crippen LogP contribution in [-0.2, 0) is 21.3 Å². The van der Waals surface area contributed by atoms with Gasteiger partial charge in [-0.2, -0.15) is 0 Å². The Hall–Kier alpha value is -2.55. The summed E-state index contributed by atoms with van der Waals surface area (Å²) in [6, 6.07) is 16.2. The van der Waals surface area contributed by atoms with E-state index in [1.165, 1.54) is 0 Å². The Morgan fingerprint density at radius 1 is 1.13 bits per heavy atom. The average Bonchev–Trinajstić information content (AvgIpc) is 3.16. The number of hydrogen-bond acceptors (Lipinski definition) is 6. The normalized spacial score (nSPS) is 14.5. The van der Waals surface area contributed by atoms with Gasteiger partial charge in [-0.3, -0.25) is 9.00 Å². The first-order valence-corrected chi connectivity index (χ1v) is 11.4. The zero-order valence-corrected chi connectivity index (χ0v) is 17.9. The maximum Gasteiger partial charge on any atom is 0.238 e. The van der Waals surface area contributed by atoms with Crippen LogP contribution in [0.15, 0.2) is 59.0 Å². The minimum atomic E-state index is -1.22. The van der Waals surface area contributed by atoms with E-state index in [0.717, 1.165) is 5.56 Å². The van der Waals surface area contributed by atoms with Gasteiger partial charge < -0.3 is 20.2 Å². The molecular formula is C22H27N3O4S. The number of para-hydroxylation sites is 2. The number of hydrogen-bond donors (Lipinski definition) is 3. The number of fused-ring (bicyclic) bond motifs is 1. The van der Waals surface area contributed by atoms with E-state index in [-0.39, 0.29) is 30.1 Å². The lowest BCUT2D eigenvalue weighted by Crippen LogP contribution is -2.50. The molecule has 3 rings (SSSR count). The van der Waals surface area contributed by atoms with Crippen molar-refractivity contribution < 1.29 is 18.5 Å². The van der Waals surface area contributed by atoms with Crippen LogP contribution in [0.25, 0.3) is 11.1 Å². The lowest BCUT2D eigenvalue weighted by atomic mass is 10.2. The van der Waals surface area contributed by atoms with Gasteiger partial charge in [-0.05, 0) is 17.7 Å². The van der Waals surface area contributed by atoms with Crippen LogP contribution in [0, 0.1) is 0 Å². The van der Waals surface area contributed by atoms with Gasteiger partial charge in [0.25, 0.3) is 0 Å². The monoisotopic (exact) mass is 429 g/mol. The molecule has 160 valence electrons. The van der Waals surface area contributed by atoms with Gasteiger partial charge in [0.1, 0.15) is 11.6 Å². The van der Waals surface area contributed by atoms with Gasteiger partial charge >= 0.3 is 0 Å². The molecule has 1 heterocycles. The highest BCUT2D eigenvalue weighted by Gasteiger charge is 2.24. The number of benzene rings is 2. The van der Waals surface area contributed by atoms with E-state index >= 15 is 0 Å². The third-order valence-corrected chi connectivity index (χ3v) is 5.80. The molecule has 1 amide bonds. The smallest absolute Gasteiger partial charge is 0.238 e. The van der Waals surface area contributed by atoms with Crippen molar-refractivity contribution in [2.45, 2.75) is 37.8 Å². The summed E-state index contributed by atoms with van der Waals surface area (Å²) in [6.45, 7) is 3.80. The van der Waals surface area contributed by atoms with Crippen molar-refractivity contribution >= 4 is 27.8 Å². The molecule has 0 aliphatic rings. The molecule has 2 aromatic carbocycles. The van der Waals surface area contributed by atoms with Crippen LogP contribution in [-0.4, -0.2) is 44.6 Å². The highest BCUT2D eigenvalue weighted by Crippen LogP contribution is 2.19. The van der Waals surface area contributed by atoms with E-state index in [4.69, 9.17) is 4.42 Å². The van der Waals surface area contributed by atoms with Crippen LogP contribution < -0.4 is 10.6 Å². The first-order valence-electron chi connectivity index (χ1n) is 9.88. The van der Waals surface area contributed by atoms with Gasteiger partial charge in [0.15, 0.2) is 5.58 Å². The van der Waals surface area contributed by atoms with Crippen LogP contribution in [0.5, 0.6) is 0 Å². The number of aliphatic hydroxyl groups excluding tert-OH is 1. The van der Waals surface area contributed by atoms with Crippen molar-refractivity contribution in [2.75, 3.05) is 12.3 Å². The molecule has 8 heteroatoms. The molecule has 1 aromatic heterocycles. The Labute approximate surface area is 178 Å². The number of oxazole rings is 1. The molecular weight excluding hydrogens is 402 g/mol. The summed E-state index contributed by atoms with van der Waals surface area (Å²) in [5.74, 6) is 0.395. The van der Waals surface area contributed by atoms with Crippen molar-refractivity contribution in [1.29, 1.82) is 0 Å². The fourth-order valence-corrected chi connectivity index (χ4v) is 4.35. The summed E-state index contributed by atoms with van der Waals surface area (Å²) in [4.78, 5) is 17.0. The molecule has 3 unspecified atom stereocenters. The first-order chi connectivity index (χ1) is 14.4. The minimum Gasteiger partial charge on any atom is -0.438 e. The number of rotatable bonds is 10. The number of nitrogens with one attached hydrogen (secondary N) is 2. The number of carbonyl (C=O) groups is 1. The highest BCUT2D eigenvalue weighted by molar-refractivity contribution is 7.84. The summed E-state index contributed by atoms with van der Waals surface area (Å²) >= 11 is 0. The van der Waals surface area contributed by atoms with Crippen LogP contribution >= 0.6 is 0 Å². The topological polar surface area (TPSA) is 104 Å². The lowest BCUT2D eigenvalue weighted by Gasteiger charge is -2.21. The van der Waals surface area contributed by atoms with Crippen molar-refractivity contribution in [2.24, 2.45) is 0 Å². The molecule has 0 fully saturated rings. The molecule has 0 saturated heterocycles. The predicted molar refractivity (Wildman–Crippen MR) is 117 cm³/mol. The van der Waals surface area contributed by atoms with Gasteiger partial charge in [0.2, 0.25) is 11.8 Å². The predicted octanol–water partition coefficient (Wildman–Crippen LogP) is 2.29. The standard InChI is InChI=1S/C22H27N3O4S/c1-15(2)24-18(14-30(28)13-16-8-4-3-5-9-16)21(27)23-12-19(26)22-25-17-10-6-7-11-20(17)29-22/h3-11,15,18-19,24,26H,12-14H2,1-2H3,(H,23,27). The summed E-state index contributed by atoms with van der Waals surface area (Å²) in [5.41, 5.74) is 2.19.